The topological polar surface area (TPSA) is 157 Å². The molecular formula is C36H23BrCl2N6O4. The number of nitrogens with one attached hydrogen (secondary N) is 4. The molecule has 0 saturated carbocycles. The van der Waals surface area contributed by atoms with Gasteiger partial charge in [0.25, 0.3) is 11.1 Å². The first-order valence-corrected chi connectivity index (χ1v) is 16.1. The summed E-state index contributed by atoms with van der Waals surface area (Å²) in [5.74, 6) is 0. The number of aromatic amines is 4. The Morgan fingerprint density at radius 2 is 0.980 bits per heavy atom. The number of hydrogen-bond donors (Lipinski definition) is 4. The predicted molar refractivity (Wildman–Crippen MR) is 199 cm³/mol. The summed E-state index contributed by atoms with van der Waals surface area (Å²) < 4.78 is 0.669. The molecule has 8 aromatic rings. The summed E-state index contributed by atoms with van der Waals surface area (Å²) in [5, 5.41) is 2.34. The second-order valence-electron chi connectivity index (χ2n) is 10.4. The first kappa shape index (κ1) is 33.3. The van der Waals surface area contributed by atoms with Crippen molar-refractivity contribution in [3.05, 3.63) is 172 Å². The maximum Gasteiger partial charge on any atom is 0.326 e. The molecule has 0 spiro atoms. The Kier molecular flexibility index (Phi) is 9.95. The lowest BCUT2D eigenvalue weighted by molar-refractivity contribution is 1.08. The van der Waals surface area contributed by atoms with Crippen molar-refractivity contribution in [3.63, 3.8) is 0 Å². The minimum Gasteiger partial charge on any atom is -0.307 e. The number of fused-ring (bicyclic) bond motifs is 3. The molecule has 0 amide bonds. The highest BCUT2D eigenvalue weighted by Crippen LogP contribution is 2.32. The van der Waals surface area contributed by atoms with Gasteiger partial charge in [0.15, 0.2) is 0 Å². The van der Waals surface area contributed by atoms with Crippen molar-refractivity contribution in [1.82, 2.24) is 29.9 Å². The summed E-state index contributed by atoms with van der Waals surface area (Å²) in [5.41, 5.74) is 3.94. The average Bonchev–Trinajstić information content (AvgIpc) is 3.08. The van der Waals surface area contributed by atoms with Crippen LogP contribution >= 0.6 is 39.1 Å². The van der Waals surface area contributed by atoms with Crippen LogP contribution in [0.1, 0.15) is 0 Å². The van der Waals surface area contributed by atoms with Gasteiger partial charge in [-0.1, -0.05) is 103 Å². The molecule has 3 heterocycles. The number of H-pyrrole nitrogens is 4. The molecule has 0 aliphatic rings. The summed E-state index contributed by atoms with van der Waals surface area (Å²) in [6.07, 6.45) is 0. The molecule has 5 aromatic carbocycles. The van der Waals surface area contributed by atoms with Gasteiger partial charge in [-0.15, -0.1) is 0 Å². The van der Waals surface area contributed by atoms with Gasteiger partial charge in [0.05, 0.1) is 27.3 Å². The van der Waals surface area contributed by atoms with Crippen LogP contribution in [0.25, 0.3) is 55.0 Å². The Bertz CT molecular complexity index is 2700. The molecule has 13 heteroatoms. The molecule has 10 nitrogen and oxygen atoms in total. The normalized spacial score (nSPS) is 10.7. The summed E-state index contributed by atoms with van der Waals surface area (Å²) >= 11 is 15.2. The van der Waals surface area contributed by atoms with Gasteiger partial charge in [-0.3, -0.25) is 19.6 Å². The van der Waals surface area contributed by atoms with E-state index in [9.17, 15) is 19.2 Å². The van der Waals surface area contributed by atoms with Crippen LogP contribution in [0, 0.1) is 0 Å². The quantitative estimate of drug-likeness (QED) is 0.106. The molecule has 4 N–H and O–H groups in total. The first-order valence-electron chi connectivity index (χ1n) is 14.6. The van der Waals surface area contributed by atoms with Gasteiger partial charge in [0, 0.05) is 9.86 Å². The van der Waals surface area contributed by atoms with Crippen molar-refractivity contribution in [2.24, 2.45) is 0 Å². The second kappa shape index (κ2) is 14.7. The number of rotatable bonds is 2. The highest BCUT2D eigenvalue weighted by atomic mass is 79.9. The number of nitrogens with zero attached hydrogens (tertiary/aromatic N) is 2. The zero-order valence-corrected chi connectivity index (χ0v) is 28.2. The van der Waals surface area contributed by atoms with Crippen LogP contribution in [-0.2, 0) is 0 Å². The number of benzene rings is 5. The summed E-state index contributed by atoms with van der Waals surface area (Å²) in [7, 11) is 0. The number of halogens is 3. The lowest BCUT2D eigenvalue weighted by Gasteiger charge is -2.07. The van der Waals surface area contributed by atoms with Crippen LogP contribution in [0.2, 0.25) is 10.4 Å². The standard InChI is InChI=1S/C14H8Cl2N2.C14H10N2O2.C8H5BrN2O2/c15-13-12-10(9-5-2-1-3-6-9)7-4-8-11(12)17-14(16)18-13;17-13-12-10(9-5-2-1-3-6-9)7-4-8-11(12)15-14(18)16-13;9-4-2-1-3-5-6(4)7(12)11-8(13)10-5/h1-8H;1-8H,(H2,15,16,17,18);1-3H,(H2,10,11,12,13). The van der Waals surface area contributed by atoms with Gasteiger partial charge in [0.2, 0.25) is 5.28 Å². The van der Waals surface area contributed by atoms with E-state index in [1.165, 1.54) is 0 Å². The third-order valence-electron chi connectivity index (χ3n) is 7.30. The van der Waals surface area contributed by atoms with Crippen LogP contribution < -0.4 is 22.5 Å². The van der Waals surface area contributed by atoms with E-state index < -0.39 is 11.4 Å². The van der Waals surface area contributed by atoms with Gasteiger partial charge in [-0.2, -0.15) is 0 Å². The van der Waals surface area contributed by atoms with Gasteiger partial charge < -0.3 is 9.97 Å². The molecule has 0 bridgehead atoms. The minimum absolute atomic E-state index is 0.165. The molecule has 242 valence electrons. The van der Waals surface area contributed by atoms with Crippen LogP contribution in [0.4, 0.5) is 0 Å². The van der Waals surface area contributed by atoms with E-state index in [4.69, 9.17) is 23.2 Å². The molecule has 0 aliphatic carbocycles. The maximum absolute atomic E-state index is 11.9. The van der Waals surface area contributed by atoms with Gasteiger partial charge in [-0.05, 0) is 74.1 Å². The van der Waals surface area contributed by atoms with Gasteiger partial charge >= 0.3 is 11.4 Å². The van der Waals surface area contributed by atoms with Crippen molar-refractivity contribution in [3.8, 4) is 22.3 Å². The molecular weight excluding hydrogens is 731 g/mol. The summed E-state index contributed by atoms with van der Waals surface area (Å²) in [6.45, 7) is 0. The molecule has 0 radical (unpaired) electrons. The lowest BCUT2D eigenvalue weighted by atomic mass is 10.0. The highest BCUT2D eigenvalue weighted by molar-refractivity contribution is 9.10. The van der Waals surface area contributed by atoms with E-state index in [2.05, 4.69) is 45.8 Å². The lowest BCUT2D eigenvalue weighted by Crippen LogP contribution is -2.22. The Morgan fingerprint density at radius 1 is 0.490 bits per heavy atom. The van der Waals surface area contributed by atoms with Crippen molar-refractivity contribution in [2.75, 3.05) is 0 Å². The Hall–Kier alpha value is -5.62. The molecule has 0 fully saturated rings. The maximum atomic E-state index is 11.9. The number of aromatic nitrogens is 6. The third-order valence-corrected chi connectivity index (χ3v) is 8.41. The number of hydrogen-bond acceptors (Lipinski definition) is 6. The van der Waals surface area contributed by atoms with Crippen molar-refractivity contribution in [2.45, 2.75) is 0 Å². The predicted octanol–water partition coefficient (Wildman–Crippen LogP) is 7.47. The monoisotopic (exact) mass is 752 g/mol. The van der Waals surface area contributed by atoms with Gasteiger partial charge in [-0.25, -0.2) is 19.6 Å². The fraction of sp³-hybridized carbons (Fsp3) is 0. The van der Waals surface area contributed by atoms with E-state index in [-0.39, 0.29) is 16.4 Å². The fourth-order valence-corrected chi connectivity index (χ4v) is 6.27. The zero-order valence-electron chi connectivity index (χ0n) is 25.1. The second-order valence-corrected chi connectivity index (χ2v) is 12.0. The van der Waals surface area contributed by atoms with E-state index >= 15 is 0 Å². The molecule has 0 saturated heterocycles. The van der Waals surface area contributed by atoms with E-state index in [1.54, 1.807) is 24.3 Å². The SMILES string of the molecule is Clc1nc(Cl)c2c(-c3ccccc3)cccc2n1.O=c1[nH]c(=O)c2c(-c3ccccc3)cccc2[nH]1.O=c1[nH]c(=O)c2c(Br)cccc2[nH]1. The zero-order chi connectivity index (χ0) is 34.5. The Balaban J connectivity index is 0.000000130. The molecule has 0 aliphatic heterocycles. The fourth-order valence-electron chi connectivity index (χ4n) is 5.23. The van der Waals surface area contributed by atoms with Crippen LogP contribution in [0.15, 0.2) is 139 Å². The van der Waals surface area contributed by atoms with Crippen LogP contribution in [-0.4, -0.2) is 29.9 Å². The smallest absolute Gasteiger partial charge is 0.307 e. The van der Waals surface area contributed by atoms with E-state index in [0.717, 1.165) is 33.2 Å². The van der Waals surface area contributed by atoms with Crippen LogP contribution in [0.3, 0.4) is 0 Å². The molecule has 49 heavy (non-hydrogen) atoms. The summed E-state index contributed by atoms with van der Waals surface area (Å²) in [6, 6.07) is 36.0. The Morgan fingerprint density at radius 3 is 1.57 bits per heavy atom. The molecule has 0 atom stereocenters. The molecule has 0 unspecified atom stereocenters. The van der Waals surface area contributed by atoms with Crippen molar-refractivity contribution in [1.29, 1.82) is 0 Å². The van der Waals surface area contributed by atoms with E-state index in [1.807, 2.05) is 91.0 Å². The first-order chi connectivity index (χ1) is 23.7. The van der Waals surface area contributed by atoms with Crippen molar-refractivity contribution < 1.29 is 0 Å². The highest BCUT2D eigenvalue weighted by Gasteiger charge is 2.11. The third kappa shape index (κ3) is 7.44. The largest absolute Gasteiger partial charge is 0.326 e. The van der Waals surface area contributed by atoms with Crippen LogP contribution in [0.5, 0.6) is 0 Å². The molecule has 8 rings (SSSR count). The minimum atomic E-state index is -0.490. The van der Waals surface area contributed by atoms with Crippen molar-refractivity contribution >= 4 is 71.8 Å². The summed E-state index contributed by atoms with van der Waals surface area (Å²) in [4.78, 5) is 63.1. The van der Waals surface area contributed by atoms with Gasteiger partial charge in [0.1, 0.15) is 5.15 Å². The molecule has 3 aromatic heterocycles. The Labute approximate surface area is 294 Å². The van der Waals surface area contributed by atoms with E-state index in [0.29, 0.717) is 31.4 Å². The average molecular weight is 754 g/mol.